The number of carbonyl (C=O) groups is 10. The highest BCUT2D eigenvalue weighted by atomic mass is 17.2. The van der Waals surface area contributed by atoms with Crippen molar-refractivity contribution in [3.8, 4) is 0 Å². The van der Waals surface area contributed by atoms with Crippen molar-refractivity contribution in [2.24, 2.45) is 0 Å². The first-order valence-corrected chi connectivity index (χ1v) is 30.6. The van der Waals surface area contributed by atoms with Crippen LogP contribution in [0.4, 0.5) is 19.2 Å². The zero-order valence-corrected chi connectivity index (χ0v) is 54.1. The average molecular weight is 1210 g/mol. The summed E-state index contributed by atoms with van der Waals surface area (Å²) < 4.78 is 44.4. The molecule has 0 amide bonds. The number of hydrogen-bond donors (Lipinski definition) is 0. The second-order valence-electron chi connectivity index (χ2n) is 25.3. The summed E-state index contributed by atoms with van der Waals surface area (Å²) >= 11 is 0. The second-order valence-corrected chi connectivity index (χ2v) is 25.3. The minimum absolute atomic E-state index is 0.0232. The van der Waals surface area contributed by atoms with Gasteiger partial charge in [0.25, 0.3) is 0 Å². The van der Waals surface area contributed by atoms with E-state index in [9.17, 15) is 38.4 Å². The van der Waals surface area contributed by atoms with Crippen LogP contribution >= 0.6 is 0 Å². The Labute approximate surface area is 509 Å². The molecule has 2 rings (SSSR count). The van der Waals surface area contributed by atoms with Crippen molar-refractivity contribution < 1.29 is 95.6 Å². The number of ether oxygens (including phenoxy) is 8. The lowest BCUT2D eigenvalue weighted by molar-refractivity contribution is -0.187. The Morgan fingerprint density at radius 1 is 0.314 bits per heavy atom. The number of ketones is 4. The zero-order chi connectivity index (χ0) is 65.0. The van der Waals surface area contributed by atoms with Gasteiger partial charge in [-0.05, 0) is 147 Å². The third kappa shape index (κ3) is 28.1. The van der Waals surface area contributed by atoms with Gasteiger partial charge in [0, 0.05) is 22.3 Å². The maximum absolute atomic E-state index is 15.2. The molecular formula is C66H98O20. The Bertz CT molecular complexity index is 2390. The molecule has 0 N–H and O–H groups in total. The van der Waals surface area contributed by atoms with Crippen LogP contribution in [0, 0.1) is 0 Å². The Morgan fingerprint density at radius 2 is 0.535 bits per heavy atom. The first-order chi connectivity index (χ1) is 40.2. The number of benzene rings is 2. The summed E-state index contributed by atoms with van der Waals surface area (Å²) in [5.74, 6) is -7.03. The third-order valence-electron chi connectivity index (χ3n) is 12.7. The van der Waals surface area contributed by atoms with Gasteiger partial charge in [0.2, 0.25) is 23.1 Å². The van der Waals surface area contributed by atoms with Gasteiger partial charge in [-0.25, -0.2) is 38.5 Å². The van der Waals surface area contributed by atoms with Gasteiger partial charge in [-0.3, -0.25) is 19.2 Å². The molecular weight excluding hydrogens is 1110 g/mol. The molecule has 0 aliphatic heterocycles. The molecule has 4 unspecified atom stereocenters. The minimum Gasteiger partial charge on any atom is -0.429 e. The Hall–Kier alpha value is -6.86. The fraction of sp³-hybridized carbons (Fsp3) is 0.667. The van der Waals surface area contributed by atoms with E-state index < -0.39 is 140 Å². The van der Waals surface area contributed by atoms with Crippen molar-refractivity contribution in [2.75, 3.05) is 0 Å². The molecule has 20 nitrogen and oxygen atoms in total. The van der Waals surface area contributed by atoms with Crippen LogP contribution in [-0.4, -0.2) is 107 Å². The lowest BCUT2D eigenvalue weighted by Gasteiger charge is -2.25. The van der Waals surface area contributed by atoms with E-state index >= 15 is 9.59 Å². The van der Waals surface area contributed by atoms with E-state index in [-0.39, 0.29) is 25.7 Å². The molecule has 0 radical (unpaired) electrons. The van der Waals surface area contributed by atoms with Gasteiger partial charge in [-0.2, -0.15) is 0 Å². The van der Waals surface area contributed by atoms with Crippen molar-refractivity contribution in [1.29, 1.82) is 0 Å². The van der Waals surface area contributed by atoms with Gasteiger partial charge in [0.05, 0.1) is 11.1 Å². The lowest BCUT2D eigenvalue weighted by atomic mass is 9.88. The molecule has 4 atom stereocenters. The quantitative estimate of drug-likeness (QED) is 0.0157. The standard InChI is InChI=1S/C66H98O20/c1-17-21-25-29-39-47(77-59(73)81-63(5,6)7)53(67)43-35-33-37-45(51(43)55(69)49(41-31-27-23-19-3)79-61(75)83-65(11,12)13)57(71)85-86-58(72)46-38-34-36-44(54(68)48(40-30-26-22-18-2)78-60(74)82-64(8,9)10)52(46)56(70)50(42-32-28-24-20-4)80-62(76)84-66(14,15)16/h33-38,47-50H,17-32,39-42H2,1-16H3. The number of hydrogen-bond acceptors (Lipinski definition) is 20. The van der Waals surface area contributed by atoms with Crippen LogP contribution in [0.2, 0.25) is 0 Å². The Kier molecular flexibility index (Phi) is 31.8. The van der Waals surface area contributed by atoms with E-state index in [1.807, 2.05) is 27.7 Å². The van der Waals surface area contributed by atoms with E-state index in [2.05, 4.69) is 0 Å². The highest BCUT2D eigenvalue weighted by Gasteiger charge is 2.40. The molecule has 482 valence electrons. The van der Waals surface area contributed by atoms with Crippen molar-refractivity contribution in [3.63, 3.8) is 0 Å². The first-order valence-electron chi connectivity index (χ1n) is 30.6. The summed E-state index contributed by atoms with van der Waals surface area (Å²) in [5, 5.41) is 0. The summed E-state index contributed by atoms with van der Waals surface area (Å²) in [6.07, 6.45) is -1.09. The number of Topliss-reactive ketones (excluding diaryl/α,β-unsaturated/α-hetero) is 4. The Balaban J connectivity index is 3.04. The van der Waals surface area contributed by atoms with Crippen LogP contribution in [0.3, 0.4) is 0 Å². The average Bonchev–Trinajstić information content (AvgIpc) is 0.955. The molecule has 0 spiro atoms. The molecule has 0 fully saturated rings. The smallest absolute Gasteiger partial charge is 0.429 e. The van der Waals surface area contributed by atoms with E-state index in [4.69, 9.17) is 47.7 Å². The van der Waals surface area contributed by atoms with Gasteiger partial charge < -0.3 is 37.9 Å². The highest BCUT2D eigenvalue weighted by Crippen LogP contribution is 2.30. The topological polar surface area (TPSA) is 263 Å². The summed E-state index contributed by atoms with van der Waals surface area (Å²) in [6, 6.07) is 7.13. The fourth-order valence-electron chi connectivity index (χ4n) is 8.78. The Morgan fingerprint density at radius 3 is 0.756 bits per heavy atom. The number of carbonyl (C=O) groups excluding carboxylic acids is 10. The molecule has 0 aromatic heterocycles. The van der Waals surface area contributed by atoms with Crippen LogP contribution in [0.25, 0.3) is 0 Å². The molecule has 20 heteroatoms. The molecule has 0 saturated heterocycles. The van der Waals surface area contributed by atoms with Crippen molar-refractivity contribution in [3.05, 3.63) is 69.8 Å². The van der Waals surface area contributed by atoms with Gasteiger partial charge in [0.15, 0.2) is 24.4 Å². The molecule has 0 aliphatic rings. The van der Waals surface area contributed by atoms with E-state index in [0.717, 1.165) is 63.5 Å². The van der Waals surface area contributed by atoms with Crippen LogP contribution < -0.4 is 0 Å². The predicted octanol–water partition coefficient (Wildman–Crippen LogP) is 16.5. The SMILES string of the molecule is CCCCCCC(OC(=O)OC(C)(C)C)C(=O)c1cccc(C(=O)OOC(=O)c2cccc(C(=O)C(CCCCCC)OC(=O)OC(C)(C)C)c2C(=O)C(CCCCCC)OC(=O)OC(C)(C)C)c1C(=O)C(CCCCCC)OC(=O)OC(C)(C)C. The van der Waals surface area contributed by atoms with Gasteiger partial charge >= 0.3 is 36.6 Å². The molecule has 0 aliphatic carbocycles. The largest absolute Gasteiger partial charge is 0.509 e. The van der Waals surface area contributed by atoms with Crippen LogP contribution in [0.1, 0.15) is 301 Å². The van der Waals surface area contributed by atoms with Gasteiger partial charge in [0.1, 0.15) is 22.4 Å². The summed E-state index contributed by atoms with van der Waals surface area (Å²) in [4.78, 5) is 153. The van der Waals surface area contributed by atoms with E-state index in [1.165, 1.54) is 24.3 Å². The third-order valence-corrected chi connectivity index (χ3v) is 12.7. The van der Waals surface area contributed by atoms with Crippen molar-refractivity contribution >= 4 is 59.7 Å². The monoisotopic (exact) mass is 1210 g/mol. The lowest BCUT2D eigenvalue weighted by Crippen LogP contribution is -2.36. The van der Waals surface area contributed by atoms with Crippen LogP contribution in [-0.2, 0) is 47.7 Å². The fourth-order valence-corrected chi connectivity index (χ4v) is 8.78. The van der Waals surface area contributed by atoms with Crippen LogP contribution in [0.15, 0.2) is 36.4 Å². The molecule has 0 bridgehead atoms. The summed E-state index contributed by atoms with van der Waals surface area (Å²) in [7, 11) is 0. The number of unbranched alkanes of at least 4 members (excludes halogenated alkanes) is 12. The van der Waals surface area contributed by atoms with Gasteiger partial charge in [-0.1, -0.05) is 129 Å². The molecule has 0 saturated carbocycles. The zero-order valence-electron chi connectivity index (χ0n) is 54.1. The van der Waals surface area contributed by atoms with Crippen molar-refractivity contribution in [2.45, 2.75) is 286 Å². The second kappa shape index (κ2) is 36.3. The number of rotatable bonds is 34. The van der Waals surface area contributed by atoms with Crippen molar-refractivity contribution in [1.82, 2.24) is 0 Å². The van der Waals surface area contributed by atoms with Gasteiger partial charge in [-0.15, -0.1) is 0 Å². The maximum atomic E-state index is 15.2. The minimum atomic E-state index is -1.67. The molecule has 0 heterocycles. The van der Waals surface area contributed by atoms with E-state index in [1.54, 1.807) is 83.1 Å². The maximum Gasteiger partial charge on any atom is 0.509 e. The first kappa shape index (κ1) is 75.2. The summed E-state index contributed by atoms with van der Waals surface area (Å²) in [5.41, 5.74) is -7.68. The summed E-state index contributed by atoms with van der Waals surface area (Å²) in [6.45, 7) is 27.1. The highest BCUT2D eigenvalue weighted by molar-refractivity contribution is 6.18. The molecule has 2 aromatic rings. The predicted molar refractivity (Wildman–Crippen MR) is 321 cm³/mol. The molecule has 2 aromatic carbocycles. The molecule has 86 heavy (non-hydrogen) atoms. The van der Waals surface area contributed by atoms with Crippen LogP contribution in [0.5, 0.6) is 0 Å². The van der Waals surface area contributed by atoms with E-state index in [0.29, 0.717) is 51.4 Å². The normalized spacial score (nSPS) is 13.2.